The summed E-state index contributed by atoms with van der Waals surface area (Å²) in [6, 6.07) is 21.8. The highest BCUT2D eigenvalue weighted by molar-refractivity contribution is 6.07. The lowest BCUT2D eigenvalue weighted by Crippen LogP contribution is -2.37. The van der Waals surface area contributed by atoms with Gasteiger partial charge in [-0.25, -0.2) is 4.99 Å². The fourth-order valence-electron chi connectivity index (χ4n) is 3.96. The molecule has 1 aromatic heterocycles. The molecule has 3 aromatic carbocycles. The molecule has 2 heterocycles. The minimum absolute atomic E-state index is 0.268. The van der Waals surface area contributed by atoms with Gasteiger partial charge in [0, 0.05) is 11.4 Å². The minimum atomic E-state index is -0.581. The van der Waals surface area contributed by atoms with Crippen molar-refractivity contribution in [2.45, 2.75) is 13.0 Å². The third-order valence-electron chi connectivity index (χ3n) is 5.78. The molecule has 0 saturated heterocycles. The molecule has 1 aliphatic heterocycles. The number of aliphatic imine (C=N–C) groups is 1. The van der Waals surface area contributed by atoms with Crippen LogP contribution in [0.25, 0.3) is 11.1 Å². The third kappa shape index (κ3) is 4.72. The zero-order chi connectivity index (χ0) is 25.1. The largest absolute Gasteiger partial charge is 0.497 e. The number of hydrogen-bond donors (Lipinski definition) is 3. The van der Waals surface area contributed by atoms with Gasteiger partial charge in [-0.15, -0.1) is 0 Å². The number of amides is 1. The number of allylic oxidation sites excluding steroid dienone is 1. The number of aromatic nitrogens is 1. The Kier molecular flexibility index (Phi) is 6.27. The summed E-state index contributed by atoms with van der Waals surface area (Å²) in [6.45, 7) is 1.84. The number of benzene rings is 3. The number of guanidine groups is 1. The molecule has 1 aliphatic rings. The fourth-order valence-corrected chi connectivity index (χ4v) is 3.96. The van der Waals surface area contributed by atoms with E-state index in [0.29, 0.717) is 46.0 Å². The maximum absolute atomic E-state index is 13.4. The summed E-state index contributed by atoms with van der Waals surface area (Å²) >= 11 is 0. The molecule has 182 valence electrons. The molecule has 3 N–H and O–H groups in total. The number of methoxy groups -OCH3 is 2. The summed E-state index contributed by atoms with van der Waals surface area (Å²) in [7, 11) is 3.21. The number of hydrogen-bond acceptors (Lipinski definition) is 8. The summed E-state index contributed by atoms with van der Waals surface area (Å²) in [5, 5.41) is 9.24. The second kappa shape index (κ2) is 9.83. The molecule has 0 saturated carbocycles. The number of rotatable bonds is 6. The van der Waals surface area contributed by atoms with Crippen molar-refractivity contribution in [2.24, 2.45) is 4.99 Å². The first-order valence-electron chi connectivity index (χ1n) is 11.3. The monoisotopic (exact) mass is 483 g/mol. The van der Waals surface area contributed by atoms with Crippen molar-refractivity contribution in [3.63, 3.8) is 0 Å². The average Bonchev–Trinajstić information content (AvgIpc) is 3.31. The van der Waals surface area contributed by atoms with E-state index in [0.717, 1.165) is 11.1 Å². The van der Waals surface area contributed by atoms with Crippen LogP contribution >= 0.6 is 0 Å². The van der Waals surface area contributed by atoms with E-state index in [4.69, 9.17) is 18.9 Å². The van der Waals surface area contributed by atoms with Gasteiger partial charge in [-0.1, -0.05) is 24.3 Å². The van der Waals surface area contributed by atoms with Crippen LogP contribution in [-0.2, 0) is 4.79 Å². The quantitative estimate of drug-likeness (QED) is 0.359. The first kappa shape index (κ1) is 23.0. The number of anilines is 2. The molecule has 0 spiro atoms. The maximum atomic E-state index is 13.4. The Balaban J connectivity index is 1.46. The Hall–Kier alpha value is -4.79. The zero-order valence-electron chi connectivity index (χ0n) is 20.0. The molecule has 0 bridgehead atoms. The van der Waals surface area contributed by atoms with E-state index >= 15 is 0 Å². The van der Waals surface area contributed by atoms with Gasteiger partial charge in [-0.3, -0.25) is 10.1 Å². The van der Waals surface area contributed by atoms with Gasteiger partial charge in [0.05, 0.1) is 19.8 Å². The average molecular weight is 484 g/mol. The first-order chi connectivity index (χ1) is 17.5. The maximum Gasteiger partial charge on any atom is 0.302 e. The summed E-state index contributed by atoms with van der Waals surface area (Å²) in [4.78, 5) is 22.7. The molecule has 9 heteroatoms. The van der Waals surface area contributed by atoms with Gasteiger partial charge >= 0.3 is 6.01 Å². The molecule has 1 unspecified atom stereocenters. The minimum Gasteiger partial charge on any atom is -0.497 e. The Bertz CT molecular complexity index is 1420. The molecular formula is C27H25N5O4. The van der Waals surface area contributed by atoms with Crippen molar-refractivity contribution >= 4 is 34.7 Å². The lowest BCUT2D eigenvalue weighted by Gasteiger charge is -2.26. The van der Waals surface area contributed by atoms with Crippen LogP contribution in [0.1, 0.15) is 18.5 Å². The first-order valence-corrected chi connectivity index (χ1v) is 11.3. The smallest absolute Gasteiger partial charge is 0.302 e. The molecule has 5 rings (SSSR count). The van der Waals surface area contributed by atoms with Gasteiger partial charge in [-0.2, -0.15) is 4.98 Å². The van der Waals surface area contributed by atoms with Gasteiger partial charge in [-0.05, 0) is 61.0 Å². The standard InChI is InChI=1S/C27H25N5O4/c1-16-23(25(33)29-18-10-14-20(35-3)15-11-18)24(17-8-12-19(34-2)13-9-17)31-26(28-16)32-27-30-21-6-4-5-7-22(21)36-27/h4-15,24H,1-3H3,(H,29,33)(H2,28,30,31,32). The molecule has 36 heavy (non-hydrogen) atoms. The molecular weight excluding hydrogens is 458 g/mol. The number of oxazole rings is 1. The molecule has 0 fully saturated rings. The van der Waals surface area contributed by atoms with Gasteiger partial charge in [0.25, 0.3) is 5.91 Å². The number of fused-ring (bicyclic) bond motifs is 1. The van der Waals surface area contributed by atoms with Crippen LogP contribution in [0.4, 0.5) is 11.7 Å². The summed E-state index contributed by atoms with van der Waals surface area (Å²) in [5.41, 5.74) is 4.00. The van der Waals surface area contributed by atoms with Crippen molar-refractivity contribution < 1.29 is 18.7 Å². The van der Waals surface area contributed by atoms with Crippen molar-refractivity contribution in [3.8, 4) is 11.5 Å². The van der Waals surface area contributed by atoms with Crippen molar-refractivity contribution in [2.75, 3.05) is 24.9 Å². The van der Waals surface area contributed by atoms with Crippen LogP contribution in [0.2, 0.25) is 0 Å². The molecule has 9 nitrogen and oxygen atoms in total. The van der Waals surface area contributed by atoms with E-state index in [1.807, 2.05) is 55.5 Å². The van der Waals surface area contributed by atoms with Crippen molar-refractivity contribution in [1.29, 1.82) is 0 Å². The molecule has 0 radical (unpaired) electrons. The van der Waals surface area contributed by atoms with Crippen LogP contribution in [-0.4, -0.2) is 31.1 Å². The lowest BCUT2D eigenvalue weighted by atomic mass is 9.95. The van der Waals surface area contributed by atoms with Crippen LogP contribution in [0, 0.1) is 0 Å². The van der Waals surface area contributed by atoms with Crippen molar-refractivity contribution in [1.82, 2.24) is 10.3 Å². The number of para-hydroxylation sites is 2. The van der Waals surface area contributed by atoms with Gasteiger partial charge in [0.2, 0.25) is 5.96 Å². The Labute approximate surface area is 207 Å². The third-order valence-corrected chi connectivity index (χ3v) is 5.78. The lowest BCUT2D eigenvalue weighted by molar-refractivity contribution is -0.113. The predicted molar refractivity (Wildman–Crippen MR) is 138 cm³/mol. The fraction of sp³-hybridized carbons (Fsp3) is 0.148. The van der Waals surface area contributed by atoms with E-state index in [1.54, 1.807) is 38.5 Å². The van der Waals surface area contributed by atoms with E-state index in [-0.39, 0.29) is 5.91 Å². The Morgan fingerprint density at radius 3 is 2.28 bits per heavy atom. The highest BCUT2D eigenvalue weighted by Gasteiger charge is 2.30. The second-order valence-electron chi connectivity index (χ2n) is 8.11. The van der Waals surface area contributed by atoms with Gasteiger partial charge in [0.1, 0.15) is 23.1 Å². The van der Waals surface area contributed by atoms with E-state index in [1.165, 1.54) is 0 Å². The number of nitrogens with one attached hydrogen (secondary N) is 3. The number of nitrogens with zero attached hydrogens (tertiary/aromatic N) is 2. The van der Waals surface area contributed by atoms with Crippen LogP contribution < -0.4 is 25.4 Å². The highest BCUT2D eigenvalue weighted by Crippen LogP contribution is 2.33. The van der Waals surface area contributed by atoms with Crippen LogP contribution in [0.15, 0.2) is 93.5 Å². The van der Waals surface area contributed by atoms with E-state index < -0.39 is 6.04 Å². The molecule has 0 aliphatic carbocycles. The second-order valence-corrected chi connectivity index (χ2v) is 8.11. The van der Waals surface area contributed by atoms with Crippen LogP contribution in [0.3, 0.4) is 0 Å². The number of carbonyl (C=O) groups excluding carboxylic acids is 1. The zero-order valence-corrected chi connectivity index (χ0v) is 20.0. The molecule has 1 amide bonds. The van der Waals surface area contributed by atoms with Crippen molar-refractivity contribution in [3.05, 3.63) is 89.6 Å². The summed E-state index contributed by atoms with van der Waals surface area (Å²) in [6.07, 6.45) is 0. The van der Waals surface area contributed by atoms with Gasteiger partial charge in [0.15, 0.2) is 5.58 Å². The molecule has 1 atom stereocenters. The van der Waals surface area contributed by atoms with E-state index in [9.17, 15) is 4.79 Å². The summed E-state index contributed by atoms with van der Waals surface area (Å²) in [5.74, 6) is 1.57. The molecule has 4 aromatic rings. The highest BCUT2D eigenvalue weighted by atomic mass is 16.5. The topological polar surface area (TPSA) is 110 Å². The van der Waals surface area contributed by atoms with E-state index in [2.05, 4.69) is 20.9 Å². The number of ether oxygens (including phenoxy) is 2. The number of carbonyl (C=O) groups is 1. The van der Waals surface area contributed by atoms with Gasteiger partial charge < -0.3 is 24.5 Å². The van der Waals surface area contributed by atoms with Crippen LogP contribution in [0.5, 0.6) is 11.5 Å². The SMILES string of the molecule is COc1ccc(NC(=O)C2=C(C)NC(Nc3nc4ccccc4o3)=NC2c2ccc(OC)cc2)cc1. The Morgan fingerprint density at radius 1 is 0.944 bits per heavy atom. The predicted octanol–water partition coefficient (Wildman–Crippen LogP) is 4.87. The normalized spacial score (nSPS) is 15.2. The summed E-state index contributed by atoms with van der Waals surface area (Å²) < 4.78 is 16.3. The Morgan fingerprint density at radius 2 is 1.61 bits per heavy atom.